The molecule has 0 bridgehead atoms. The quantitative estimate of drug-likeness (QED) is 0.789. The van der Waals surface area contributed by atoms with Crippen molar-refractivity contribution in [3.05, 3.63) is 0 Å². The molecule has 3 atom stereocenters. The van der Waals surface area contributed by atoms with E-state index >= 15 is 0 Å². The predicted molar refractivity (Wildman–Crippen MR) is 62.2 cm³/mol. The summed E-state index contributed by atoms with van der Waals surface area (Å²) < 4.78 is 17.7. The molecule has 0 aromatic carbocycles. The van der Waals surface area contributed by atoms with Crippen molar-refractivity contribution >= 4 is 10.8 Å². The van der Waals surface area contributed by atoms with Crippen molar-refractivity contribution in [2.75, 3.05) is 19.8 Å². The minimum absolute atomic E-state index is 0.371. The zero-order valence-electron chi connectivity index (χ0n) is 9.19. The Morgan fingerprint density at radius 2 is 1.93 bits per heavy atom. The zero-order chi connectivity index (χ0) is 10.7. The first-order valence-electron chi connectivity index (χ1n) is 6.00. The van der Waals surface area contributed by atoms with Crippen molar-refractivity contribution < 1.29 is 8.95 Å². The minimum Gasteiger partial charge on any atom is -0.381 e. The van der Waals surface area contributed by atoms with Crippen LogP contribution in [0.15, 0.2) is 0 Å². The number of hydrogen-bond acceptors (Lipinski definition) is 3. The van der Waals surface area contributed by atoms with Crippen LogP contribution in [0.2, 0.25) is 0 Å². The minimum atomic E-state index is -0.672. The van der Waals surface area contributed by atoms with Crippen molar-refractivity contribution in [2.24, 2.45) is 11.7 Å². The Balaban J connectivity index is 1.93. The summed E-state index contributed by atoms with van der Waals surface area (Å²) in [5.74, 6) is 0.508. The second-order valence-corrected chi connectivity index (χ2v) is 6.53. The first-order chi connectivity index (χ1) is 7.33. The Morgan fingerprint density at radius 1 is 1.20 bits per heavy atom. The molecule has 2 N–H and O–H groups in total. The topological polar surface area (TPSA) is 52.3 Å². The molecular formula is C11H21NO2S. The Bertz CT molecular complexity index is 229. The van der Waals surface area contributed by atoms with Crippen LogP contribution in [0, 0.1) is 5.92 Å². The fraction of sp³-hybridized carbons (Fsp3) is 1.00. The van der Waals surface area contributed by atoms with Crippen LogP contribution in [0.3, 0.4) is 0 Å². The highest BCUT2D eigenvalue weighted by Gasteiger charge is 2.35. The highest BCUT2D eigenvalue weighted by molar-refractivity contribution is 7.86. The van der Waals surface area contributed by atoms with Crippen LogP contribution in [0.25, 0.3) is 0 Å². The van der Waals surface area contributed by atoms with Crippen LogP contribution < -0.4 is 5.73 Å². The lowest BCUT2D eigenvalue weighted by molar-refractivity contribution is 0.0990. The Kier molecular flexibility index (Phi) is 4.17. The molecule has 0 aromatic rings. The van der Waals surface area contributed by atoms with E-state index < -0.39 is 10.8 Å². The second-order valence-electron chi connectivity index (χ2n) is 4.61. The number of nitrogens with two attached hydrogens (primary N) is 1. The summed E-state index contributed by atoms with van der Waals surface area (Å²) in [6.45, 7) is 2.28. The van der Waals surface area contributed by atoms with E-state index in [0.29, 0.717) is 23.0 Å². The largest absolute Gasteiger partial charge is 0.381 e. The number of ether oxygens (including phenoxy) is 1. The lowest BCUT2D eigenvalue weighted by Crippen LogP contribution is -2.35. The predicted octanol–water partition coefficient (Wildman–Crippen LogP) is 1.04. The first-order valence-corrected chi connectivity index (χ1v) is 7.27. The molecule has 3 unspecified atom stereocenters. The summed E-state index contributed by atoms with van der Waals surface area (Å²) >= 11 is 0. The van der Waals surface area contributed by atoms with Gasteiger partial charge in [0.25, 0.3) is 0 Å². The molecule has 0 aromatic heterocycles. The highest BCUT2D eigenvalue weighted by atomic mass is 32.2. The van der Waals surface area contributed by atoms with Crippen LogP contribution in [0.1, 0.15) is 32.1 Å². The molecule has 1 saturated heterocycles. The van der Waals surface area contributed by atoms with Crippen molar-refractivity contribution in [3.63, 3.8) is 0 Å². The summed E-state index contributed by atoms with van der Waals surface area (Å²) in [4.78, 5) is 0. The van der Waals surface area contributed by atoms with Crippen LogP contribution >= 0.6 is 0 Å². The van der Waals surface area contributed by atoms with Crippen molar-refractivity contribution in [1.82, 2.24) is 0 Å². The van der Waals surface area contributed by atoms with Gasteiger partial charge < -0.3 is 10.5 Å². The van der Waals surface area contributed by atoms with Crippen molar-refractivity contribution in [1.29, 1.82) is 0 Å². The van der Waals surface area contributed by atoms with Crippen molar-refractivity contribution in [2.45, 2.75) is 42.6 Å². The van der Waals surface area contributed by atoms with Crippen LogP contribution in [-0.2, 0) is 15.5 Å². The molecule has 1 heterocycles. The van der Waals surface area contributed by atoms with E-state index in [-0.39, 0.29) is 0 Å². The maximum atomic E-state index is 12.4. The molecular weight excluding hydrogens is 210 g/mol. The smallest absolute Gasteiger partial charge is 0.0477 e. The molecule has 3 nitrogen and oxygen atoms in total. The van der Waals surface area contributed by atoms with Crippen molar-refractivity contribution in [3.8, 4) is 0 Å². The average Bonchev–Trinajstić information content (AvgIpc) is 2.77. The van der Waals surface area contributed by atoms with Gasteiger partial charge in [-0.1, -0.05) is 6.42 Å². The van der Waals surface area contributed by atoms with Crippen LogP contribution in [0.4, 0.5) is 0 Å². The van der Waals surface area contributed by atoms with E-state index in [1.165, 1.54) is 12.8 Å². The normalized spacial score (nSPS) is 35.5. The van der Waals surface area contributed by atoms with Crippen LogP contribution in [-0.4, -0.2) is 34.5 Å². The van der Waals surface area contributed by atoms with E-state index in [2.05, 4.69) is 0 Å². The van der Waals surface area contributed by atoms with Gasteiger partial charge in [-0.2, -0.15) is 0 Å². The molecule has 0 radical (unpaired) electrons. The van der Waals surface area contributed by atoms with Gasteiger partial charge in [-0.25, -0.2) is 0 Å². The maximum absolute atomic E-state index is 12.4. The van der Waals surface area contributed by atoms with Gasteiger partial charge in [-0.05, 0) is 38.1 Å². The van der Waals surface area contributed by atoms with Gasteiger partial charge in [0, 0.05) is 34.5 Å². The lowest BCUT2D eigenvalue weighted by atomic mass is 10.1. The van der Waals surface area contributed by atoms with E-state index in [9.17, 15) is 4.21 Å². The summed E-state index contributed by atoms with van der Waals surface area (Å²) in [6.07, 6.45) is 5.45. The molecule has 2 fully saturated rings. The fourth-order valence-corrected chi connectivity index (χ4v) is 4.91. The Labute approximate surface area is 94.2 Å². The highest BCUT2D eigenvalue weighted by Crippen LogP contribution is 2.32. The third kappa shape index (κ3) is 2.60. The molecule has 4 heteroatoms. The van der Waals surface area contributed by atoms with Crippen LogP contribution in [0.5, 0.6) is 0 Å². The fourth-order valence-electron chi connectivity index (χ4n) is 2.73. The number of hydrogen-bond donors (Lipinski definition) is 1. The molecule has 1 aliphatic heterocycles. The molecule has 15 heavy (non-hydrogen) atoms. The van der Waals surface area contributed by atoms with Gasteiger partial charge in [0.15, 0.2) is 0 Å². The third-order valence-electron chi connectivity index (χ3n) is 3.69. The monoisotopic (exact) mass is 231 g/mol. The van der Waals surface area contributed by atoms with E-state index in [1.807, 2.05) is 0 Å². The number of rotatable bonds is 3. The molecule has 2 rings (SSSR count). The van der Waals surface area contributed by atoms with E-state index in [0.717, 1.165) is 32.5 Å². The van der Waals surface area contributed by atoms with E-state index in [1.54, 1.807) is 0 Å². The lowest BCUT2D eigenvalue weighted by Gasteiger charge is -2.26. The Hall–Kier alpha value is 0.0700. The van der Waals surface area contributed by atoms with Gasteiger partial charge in [0.2, 0.25) is 0 Å². The van der Waals surface area contributed by atoms with Gasteiger partial charge >= 0.3 is 0 Å². The first kappa shape index (κ1) is 11.6. The summed E-state index contributed by atoms with van der Waals surface area (Å²) in [5.41, 5.74) is 5.73. The zero-order valence-corrected chi connectivity index (χ0v) is 10.0. The molecule has 0 spiro atoms. The third-order valence-corrected chi connectivity index (χ3v) is 6.03. The molecule has 1 aliphatic carbocycles. The SMILES string of the molecule is NCC1CCCC1S(=O)C1CCOCC1. The standard InChI is InChI=1S/C11H21NO2S/c12-8-9-2-1-3-11(9)15(13)10-4-6-14-7-5-10/h9-11H,1-8,12H2. The Morgan fingerprint density at radius 3 is 2.60 bits per heavy atom. The van der Waals surface area contributed by atoms with Gasteiger partial charge in [-0.15, -0.1) is 0 Å². The molecule has 2 aliphatic rings. The second kappa shape index (κ2) is 5.41. The molecule has 1 saturated carbocycles. The summed E-state index contributed by atoms with van der Waals surface area (Å²) in [7, 11) is -0.672. The average molecular weight is 231 g/mol. The summed E-state index contributed by atoms with van der Waals surface area (Å²) in [5, 5.41) is 0.744. The van der Waals surface area contributed by atoms with Gasteiger partial charge in [0.1, 0.15) is 0 Å². The van der Waals surface area contributed by atoms with Gasteiger partial charge in [0.05, 0.1) is 0 Å². The molecule has 0 amide bonds. The van der Waals surface area contributed by atoms with E-state index in [4.69, 9.17) is 10.5 Å². The van der Waals surface area contributed by atoms with Gasteiger partial charge in [-0.3, -0.25) is 4.21 Å². The maximum Gasteiger partial charge on any atom is 0.0477 e. The molecule has 88 valence electrons. The summed E-state index contributed by atoms with van der Waals surface area (Å²) in [6, 6.07) is 0.